The Labute approximate surface area is 141 Å². The Balaban J connectivity index is 2.07. The van der Waals surface area contributed by atoms with E-state index in [9.17, 15) is 13.2 Å². The van der Waals surface area contributed by atoms with Crippen LogP contribution in [0, 0.1) is 5.92 Å². The molecule has 0 fully saturated rings. The second kappa shape index (κ2) is 7.94. The van der Waals surface area contributed by atoms with Gasteiger partial charge < -0.3 is 10.1 Å². The van der Waals surface area contributed by atoms with Crippen molar-refractivity contribution in [2.45, 2.75) is 11.8 Å². The lowest BCUT2D eigenvalue weighted by molar-refractivity contribution is -0.120. The maximum absolute atomic E-state index is 12.3. The first kappa shape index (κ1) is 18.0. The molecule has 2 aromatic carbocycles. The lowest BCUT2D eigenvalue weighted by Crippen LogP contribution is -2.23. The van der Waals surface area contributed by atoms with E-state index in [-0.39, 0.29) is 16.7 Å². The first-order valence-electron chi connectivity index (χ1n) is 7.40. The Morgan fingerprint density at radius 1 is 1.04 bits per heavy atom. The lowest BCUT2D eigenvalue weighted by Gasteiger charge is -2.12. The van der Waals surface area contributed by atoms with E-state index < -0.39 is 10.0 Å². The molecule has 6 nitrogen and oxygen atoms in total. The van der Waals surface area contributed by atoms with Gasteiger partial charge in [-0.2, -0.15) is 0 Å². The summed E-state index contributed by atoms with van der Waals surface area (Å²) in [6.45, 7) is 2.07. The number of nitrogens with one attached hydrogen (secondary N) is 2. The number of carbonyl (C=O) groups is 1. The predicted molar refractivity (Wildman–Crippen MR) is 93.4 cm³/mol. The highest BCUT2D eigenvalue weighted by Gasteiger charge is 2.15. The summed E-state index contributed by atoms with van der Waals surface area (Å²) in [7, 11) is -2.14. The maximum Gasteiger partial charge on any atom is 0.261 e. The number of hydrogen-bond acceptors (Lipinski definition) is 4. The molecule has 24 heavy (non-hydrogen) atoms. The van der Waals surface area contributed by atoms with Gasteiger partial charge in [0, 0.05) is 18.5 Å². The molecule has 0 saturated heterocycles. The van der Waals surface area contributed by atoms with Crippen molar-refractivity contribution in [3.8, 4) is 0 Å². The normalized spacial score (nSPS) is 12.4. The number of anilines is 2. The molecule has 0 aliphatic rings. The van der Waals surface area contributed by atoms with Gasteiger partial charge in [-0.25, -0.2) is 8.42 Å². The van der Waals surface area contributed by atoms with Crippen molar-refractivity contribution in [2.24, 2.45) is 5.92 Å². The third kappa shape index (κ3) is 4.81. The molecule has 7 heteroatoms. The molecule has 128 valence electrons. The Bertz CT molecular complexity index is 774. The average Bonchev–Trinajstić information content (AvgIpc) is 2.56. The molecule has 1 amide bonds. The topological polar surface area (TPSA) is 84.5 Å². The number of rotatable bonds is 7. The van der Waals surface area contributed by atoms with Gasteiger partial charge in [-0.1, -0.05) is 25.1 Å². The second-order valence-electron chi connectivity index (χ2n) is 5.34. The van der Waals surface area contributed by atoms with Crippen LogP contribution in [0.2, 0.25) is 0 Å². The molecule has 0 aromatic heterocycles. The first-order chi connectivity index (χ1) is 11.4. The number of benzene rings is 2. The van der Waals surface area contributed by atoms with Crippen LogP contribution in [0.15, 0.2) is 59.5 Å². The number of amides is 1. The zero-order valence-electron chi connectivity index (χ0n) is 13.5. The van der Waals surface area contributed by atoms with Crippen LogP contribution in [0.4, 0.5) is 11.4 Å². The van der Waals surface area contributed by atoms with E-state index in [1.165, 1.54) is 19.2 Å². The van der Waals surface area contributed by atoms with Crippen molar-refractivity contribution >= 4 is 27.3 Å². The zero-order chi connectivity index (χ0) is 17.6. The molecular weight excluding hydrogens is 328 g/mol. The molecule has 0 radical (unpaired) electrons. The summed E-state index contributed by atoms with van der Waals surface area (Å²) < 4.78 is 32.1. The second-order valence-corrected chi connectivity index (χ2v) is 7.02. The molecule has 0 spiro atoms. The van der Waals surface area contributed by atoms with Crippen molar-refractivity contribution in [2.75, 3.05) is 23.8 Å². The summed E-state index contributed by atoms with van der Waals surface area (Å²) in [6.07, 6.45) is 0. The Morgan fingerprint density at radius 3 is 2.25 bits per heavy atom. The van der Waals surface area contributed by atoms with Crippen LogP contribution >= 0.6 is 0 Å². The highest BCUT2D eigenvalue weighted by molar-refractivity contribution is 7.92. The molecule has 0 aliphatic carbocycles. The Morgan fingerprint density at radius 2 is 1.67 bits per heavy atom. The molecular formula is C17H20N2O4S. The fourth-order valence-electron chi connectivity index (χ4n) is 2.03. The third-order valence-corrected chi connectivity index (χ3v) is 4.72. The minimum absolute atomic E-state index is 0.120. The number of hydrogen-bond donors (Lipinski definition) is 2. The monoisotopic (exact) mass is 348 g/mol. The van der Waals surface area contributed by atoms with Crippen molar-refractivity contribution in [3.63, 3.8) is 0 Å². The van der Waals surface area contributed by atoms with Gasteiger partial charge in [0.05, 0.1) is 17.4 Å². The maximum atomic E-state index is 12.3. The van der Waals surface area contributed by atoms with Crippen molar-refractivity contribution in [1.82, 2.24) is 0 Å². The standard InChI is InChI=1S/C17H20N2O4S/c1-13(12-23-2)17(20)18-14-8-10-16(11-9-14)24(21,22)19-15-6-4-3-5-7-15/h3-11,13,19H,12H2,1-2H3,(H,18,20)/t13-/m1/s1. The van der Waals surface area contributed by atoms with Crippen LogP contribution in [0.3, 0.4) is 0 Å². The van der Waals surface area contributed by atoms with Crippen molar-refractivity contribution in [3.05, 3.63) is 54.6 Å². The van der Waals surface area contributed by atoms with Crippen LogP contribution in [-0.4, -0.2) is 28.0 Å². The fraction of sp³-hybridized carbons (Fsp3) is 0.235. The Kier molecular flexibility index (Phi) is 5.94. The summed E-state index contributed by atoms with van der Waals surface area (Å²) in [5.74, 6) is -0.479. The van der Waals surface area contributed by atoms with E-state index in [1.54, 1.807) is 49.4 Å². The fourth-order valence-corrected chi connectivity index (χ4v) is 3.09. The molecule has 2 rings (SSSR count). The smallest absolute Gasteiger partial charge is 0.261 e. The molecule has 2 N–H and O–H groups in total. The summed E-state index contributed by atoms with van der Waals surface area (Å²) in [5.41, 5.74) is 1.02. The first-order valence-corrected chi connectivity index (χ1v) is 8.88. The molecule has 0 heterocycles. The third-order valence-electron chi connectivity index (χ3n) is 3.32. The van der Waals surface area contributed by atoms with Gasteiger partial charge in [-0.15, -0.1) is 0 Å². The number of methoxy groups -OCH3 is 1. The van der Waals surface area contributed by atoms with E-state index in [1.807, 2.05) is 0 Å². The summed E-state index contributed by atoms with van der Waals surface area (Å²) in [6, 6.07) is 14.6. The summed E-state index contributed by atoms with van der Waals surface area (Å²) in [4.78, 5) is 12.0. The van der Waals surface area contributed by atoms with Crippen molar-refractivity contribution in [1.29, 1.82) is 0 Å². The van der Waals surface area contributed by atoms with Crippen LogP contribution in [0.5, 0.6) is 0 Å². The lowest BCUT2D eigenvalue weighted by atomic mass is 10.2. The van der Waals surface area contributed by atoms with E-state index in [0.29, 0.717) is 18.0 Å². The van der Waals surface area contributed by atoms with Gasteiger partial charge >= 0.3 is 0 Å². The van der Waals surface area contributed by atoms with E-state index in [2.05, 4.69) is 10.0 Å². The highest BCUT2D eigenvalue weighted by atomic mass is 32.2. The van der Waals surface area contributed by atoms with Crippen LogP contribution < -0.4 is 10.0 Å². The number of sulfonamides is 1. The molecule has 1 atom stereocenters. The number of para-hydroxylation sites is 1. The minimum atomic E-state index is -3.67. The number of carbonyl (C=O) groups excluding carboxylic acids is 1. The largest absolute Gasteiger partial charge is 0.384 e. The Hall–Kier alpha value is -2.38. The van der Waals surface area contributed by atoms with E-state index in [0.717, 1.165) is 0 Å². The predicted octanol–water partition coefficient (Wildman–Crippen LogP) is 2.71. The molecule has 0 saturated carbocycles. The minimum Gasteiger partial charge on any atom is -0.384 e. The van der Waals surface area contributed by atoms with Gasteiger partial charge in [-0.05, 0) is 36.4 Å². The quantitative estimate of drug-likeness (QED) is 0.806. The zero-order valence-corrected chi connectivity index (χ0v) is 14.3. The van der Waals surface area contributed by atoms with Gasteiger partial charge in [0.2, 0.25) is 5.91 Å². The average molecular weight is 348 g/mol. The molecule has 2 aromatic rings. The molecule has 0 aliphatic heterocycles. The van der Waals surface area contributed by atoms with Gasteiger partial charge in [-0.3, -0.25) is 9.52 Å². The van der Waals surface area contributed by atoms with Crippen molar-refractivity contribution < 1.29 is 17.9 Å². The molecule has 0 unspecified atom stereocenters. The summed E-state index contributed by atoms with van der Waals surface area (Å²) in [5, 5.41) is 2.72. The van der Waals surface area contributed by atoms with Crippen LogP contribution in [0.25, 0.3) is 0 Å². The highest BCUT2D eigenvalue weighted by Crippen LogP contribution is 2.18. The molecule has 0 bridgehead atoms. The summed E-state index contributed by atoms with van der Waals surface area (Å²) >= 11 is 0. The van der Waals surface area contributed by atoms with E-state index in [4.69, 9.17) is 4.74 Å². The van der Waals surface area contributed by atoms with Gasteiger partial charge in [0.25, 0.3) is 10.0 Å². The number of ether oxygens (including phenoxy) is 1. The van der Waals surface area contributed by atoms with Gasteiger partial charge in [0.1, 0.15) is 0 Å². The van der Waals surface area contributed by atoms with Crippen LogP contribution in [-0.2, 0) is 19.6 Å². The SMILES string of the molecule is COC[C@@H](C)C(=O)Nc1ccc(S(=O)(=O)Nc2ccccc2)cc1. The van der Waals surface area contributed by atoms with Gasteiger partial charge in [0.15, 0.2) is 0 Å². The van der Waals surface area contributed by atoms with E-state index >= 15 is 0 Å². The van der Waals surface area contributed by atoms with Crippen LogP contribution in [0.1, 0.15) is 6.92 Å².